The van der Waals surface area contributed by atoms with Crippen LogP contribution in [0.1, 0.15) is 24.6 Å². The first kappa shape index (κ1) is 9.26. The molecule has 0 radical (unpaired) electrons. The molecular weight excluding hydrogens is 150 g/mol. The maximum Gasteiger partial charge on any atom is 0.0525 e. The molecule has 1 rings (SSSR count). The van der Waals surface area contributed by atoms with Gasteiger partial charge in [-0.3, -0.25) is 4.68 Å². The second-order valence-corrected chi connectivity index (χ2v) is 3.03. The molecule has 1 aromatic heterocycles. The molecule has 0 amide bonds. The highest BCUT2D eigenvalue weighted by molar-refractivity contribution is 5.18. The summed E-state index contributed by atoms with van der Waals surface area (Å²) in [5.41, 5.74) is 8.14. The van der Waals surface area contributed by atoms with E-state index in [1.54, 1.807) is 0 Å². The predicted molar refractivity (Wildman–Crippen MR) is 50.0 cm³/mol. The molecule has 0 unspecified atom stereocenters. The molecule has 0 saturated carbocycles. The van der Waals surface area contributed by atoms with Crippen LogP contribution >= 0.6 is 0 Å². The van der Waals surface area contributed by atoms with Crippen molar-refractivity contribution in [1.82, 2.24) is 9.78 Å². The van der Waals surface area contributed by atoms with Crippen LogP contribution in [0.4, 0.5) is 0 Å². The Hall–Kier alpha value is -0.830. The van der Waals surface area contributed by atoms with Crippen LogP contribution < -0.4 is 5.73 Å². The number of aryl methyl sites for hydroxylation is 1. The fourth-order valence-corrected chi connectivity index (χ4v) is 1.43. The summed E-state index contributed by atoms with van der Waals surface area (Å²) in [6.07, 6.45) is 5.14. The van der Waals surface area contributed by atoms with Crippen molar-refractivity contribution >= 4 is 0 Å². The molecule has 0 bridgehead atoms. The van der Waals surface area contributed by atoms with Crippen molar-refractivity contribution in [1.29, 1.82) is 0 Å². The fourth-order valence-electron chi connectivity index (χ4n) is 1.43. The Bertz CT molecular complexity index is 240. The van der Waals surface area contributed by atoms with Gasteiger partial charge in [-0.25, -0.2) is 0 Å². The van der Waals surface area contributed by atoms with Gasteiger partial charge in [-0.05, 0) is 24.9 Å². The molecule has 68 valence electrons. The zero-order valence-corrected chi connectivity index (χ0v) is 7.88. The summed E-state index contributed by atoms with van der Waals surface area (Å²) in [7, 11) is 1.99. The Morgan fingerprint density at radius 1 is 1.50 bits per heavy atom. The minimum absolute atomic E-state index is 0.711. The predicted octanol–water partition coefficient (Wildman–Crippen LogP) is 0.874. The first-order valence-electron chi connectivity index (χ1n) is 4.49. The molecule has 0 spiro atoms. The molecule has 3 heteroatoms. The van der Waals surface area contributed by atoms with Crippen LogP contribution in [0.2, 0.25) is 0 Å². The van der Waals surface area contributed by atoms with Crippen molar-refractivity contribution in [2.45, 2.75) is 26.2 Å². The first-order chi connectivity index (χ1) is 5.79. The maximum atomic E-state index is 5.50. The van der Waals surface area contributed by atoms with E-state index in [-0.39, 0.29) is 0 Å². The van der Waals surface area contributed by atoms with E-state index >= 15 is 0 Å². The zero-order valence-electron chi connectivity index (χ0n) is 7.88. The molecule has 0 aliphatic carbocycles. The molecule has 0 aliphatic heterocycles. The molecule has 0 aromatic carbocycles. The molecule has 2 N–H and O–H groups in total. The van der Waals surface area contributed by atoms with Crippen molar-refractivity contribution in [3.63, 3.8) is 0 Å². The topological polar surface area (TPSA) is 43.8 Å². The molecule has 0 saturated heterocycles. The maximum absolute atomic E-state index is 5.50. The quantitative estimate of drug-likeness (QED) is 0.723. The normalized spacial score (nSPS) is 10.6. The van der Waals surface area contributed by atoms with E-state index < -0.39 is 0 Å². The minimum atomic E-state index is 0.711. The van der Waals surface area contributed by atoms with Gasteiger partial charge in [-0.2, -0.15) is 5.10 Å². The van der Waals surface area contributed by atoms with Gasteiger partial charge in [0.2, 0.25) is 0 Å². The monoisotopic (exact) mass is 167 g/mol. The van der Waals surface area contributed by atoms with Crippen LogP contribution in [-0.4, -0.2) is 16.3 Å². The van der Waals surface area contributed by atoms with Gasteiger partial charge in [0.25, 0.3) is 0 Å². The summed E-state index contributed by atoms with van der Waals surface area (Å²) in [5.74, 6) is 0. The van der Waals surface area contributed by atoms with Gasteiger partial charge >= 0.3 is 0 Å². The SMILES string of the molecule is CCCc1c(CCN)cnn1C. The summed E-state index contributed by atoms with van der Waals surface area (Å²) < 4.78 is 1.95. The molecule has 1 heterocycles. The lowest BCUT2D eigenvalue weighted by Gasteiger charge is -2.02. The summed E-state index contributed by atoms with van der Waals surface area (Å²) in [6.45, 7) is 2.89. The standard InChI is InChI=1S/C9H17N3/c1-3-4-9-8(5-6-10)7-11-12(9)2/h7H,3-6,10H2,1-2H3. The lowest BCUT2D eigenvalue weighted by molar-refractivity contribution is 0.693. The minimum Gasteiger partial charge on any atom is -0.330 e. The zero-order chi connectivity index (χ0) is 8.97. The largest absolute Gasteiger partial charge is 0.330 e. The smallest absolute Gasteiger partial charge is 0.0525 e. The van der Waals surface area contributed by atoms with Crippen molar-refractivity contribution in [3.05, 3.63) is 17.5 Å². The number of aromatic nitrogens is 2. The van der Waals surface area contributed by atoms with E-state index in [0.717, 1.165) is 19.3 Å². The summed E-state index contributed by atoms with van der Waals surface area (Å²) in [4.78, 5) is 0. The average molecular weight is 167 g/mol. The Morgan fingerprint density at radius 3 is 2.83 bits per heavy atom. The fraction of sp³-hybridized carbons (Fsp3) is 0.667. The van der Waals surface area contributed by atoms with Gasteiger partial charge in [0.15, 0.2) is 0 Å². The molecular formula is C9H17N3. The van der Waals surface area contributed by atoms with Crippen LogP contribution in [0, 0.1) is 0 Å². The van der Waals surface area contributed by atoms with Crippen LogP contribution in [-0.2, 0) is 19.9 Å². The third-order valence-electron chi connectivity index (χ3n) is 2.05. The second kappa shape index (κ2) is 4.26. The highest BCUT2D eigenvalue weighted by Gasteiger charge is 2.05. The summed E-state index contributed by atoms with van der Waals surface area (Å²) in [5, 5.41) is 4.21. The van der Waals surface area contributed by atoms with E-state index in [4.69, 9.17) is 5.73 Å². The van der Waals surface area contributed by atoms with Gasteiger partial charge in [-0.15, -0.1) is 0 Å². The third kappa shape index (κ3) is 1.85. The van der Waals surface area contributed by atoms with E-state index in [9.17, 15) is 0 Å². The van der Waals surface area contributed by atoms with Crippen molar-refractivity contribution in [2.24, 2.45) is 12.8 Å². The van der Waals surface area contributed by atoms with Gasteiger partial charge in [0.05, 0.1) is 6.20 Å². The Balaban J connectivity index is 2.80. The number of rotatable bonds is 4. The highest BCUT2D eigenvalue weighted by Crippen LogP contribution is 2.09. The van der Waals surface area contributed by atoms with Crippen LogP contribution in [0.5, 0.6) is 0 Å². The Labute approximate surface area is 73.6 Å². The van der Waals surface area contributed by atoms with Crippen LogP contribution in [0.15, 0.2) is 6.20 Å². The van der Waals surface area contributed by atoms with Crippen molar-refractivity contribution in [2.75, 3.05) is 6.54 Å². The Kier molecular flexibility index (Phi) is 3.29. The van der Waals surface area contributed by atoms with Crippen molar-refractivity contribution in [3.8, 4) is 0 Å². The number of hydrogen-bond acceptors (Lipinski definition) is 2. The van der Waals surface area contributed by atoms with Gasteiger partial charge in [-0.1, -0.05) is 13.3 Å². The van der Waals surface area contributed by atoms with E-state index in [0.29, 0.717) is 6.54 Å². The van der Waals surface area contributed by atoms with Crippen molar-refractivity contribution < 1.29 is 0 Å². The molecule has 0 atom stereocenters. The lowest BCUT2D eigenvalue weighted by Crippen LogP contribution is -2.06. The molecule has 0 fully saturated rings. The summed E-state index contributed by atoms with van der Waals surface area (Å²) in [6, 6.07) is 0. The molecule has 1 aromatic rings. The molecule has 0 aliphatic rings. The number of nitrogens with zero attached hydrogens (tertiary/aromatic N) is 2. The van der Waals surface area contributed by atoms with Gasteiger partial charge in [0, 0.05) is 12.7 Å². The molecule has 12 heavy (non-hydrogen) atoms. The molecule has 3 nitrogen and oxygen atoms in total. The lowest BCUT2D eigenvalue weighted by atomic mass is 10.1. The average Bonchev–Trinajstić information content (AvgIpc) is 2.37. The number of hydrogen-bond donors (Lipinski definition) is 1. The number of nitrogens with two attached hydrogens (primary N) is 1. The Morgan fingerprint density at radius 2 is 2.25 bits per heavy atom. The second-order valence-electron chi connectivity index (χ2n) is 3.03. The van der Waals surface area contributed by atoms with Crippen LogP contribution in [0.25, 0.3) is 0 Å². The van der Waals surface area contributed by atoms with Crippen LogP contribution in [0.3, 0.4) is 0 Å². The highest BCUT2D eigenvalue weighted by atomic mass is 15.3. The van der Waals surface area contributed by atoms with E-state index in [1.165, 1.54) is 11.3 Å². The van der Waals surface area contributed by atoms with E-state index in [2.05, 4.69) is 12.0 Å². The first-order valence-corrected chi connectivity index (χ1v) is 4.49. The third-order valence-corrected chi connectivity index (χ3v) is 2.05. The van der Waals surface area contributed by atoms with E-state index in [1.807, 2.05) is 17.9 Å². The van der Waals surface area contributed by atoms with Gasteiger partial charge in [0.1, 0.15) is 0 Å². The summed E-state index contributed by atoms with van der Waals surface area (Å²) >= 11 is 0. The van der Waals surface area contributed by atoms with Gasteiger partial charge < -0.3 is 5.73 Å².